The number of hydrogen-bond donors (Lipinski definition) is 3. The van der Waals surface area contributed by atoms with Crippen molar-refractivity contribution in [3.05, 3.63) is 18.0 Å². The molecule has 1 atom stereocenters. The molecule has 1 heterocycles. The van der Waals surface area contributed by atoms with Crippen LogP contribution in [0.15, 0.2) is 17.5 Å². The summed E-state index contributed by atoms with van der Waals surface area (Å²) in [6.45, 7) is 2.31. The molecule has 4 N–H and O–H groups in total. The lowest BCUT2D eigenvalue weighted by Crippen LogP contribution is -2.39. The van der Waals surface area contributed by atoms with Gasteiger partial charge in [-0.05, 0) is 18.4 Å². The van der Waals surface area contributed by atoms with Crippen molar-refractivity contribution in [3.63, 3.8) is 0 Å². The highest BCUT2D eigenvalue weighted by molar-refractivity contribution is 6.01. The average molecular weight is 253 g/mol. The number of nitrogens with one attached hydrogen (secondary N) is 1. The third-order valence-corrected chi connectivity index (χ3v) is 2.67. The van der Waals surface area contributed by atoms with E-state index in [9.17, 15) is 4.79 Å². The minimum absolute atomic E-state index is 0.0589. The maximum Gasteiger partial charge on any atom is 0.230 e. The van der Waals surface area contributed by atoms with Gasteiger partial charge in [-0.15, -0.1) is 0 Å². The molecule has 1 aromatic rings. The van der Waals surface area contributed by atoms with Gasteiger partial charge in [-0.3, -0.25) is 9.48 Å². The molecule has 0 bridgehead atoms. The van der Waals surface area contributed by atoms with Crippen molar-refractivity contribution in [2.24, 2.45) is 23.9 Å². The number of oxime groups is 1. The van der Waals surface area contributed by atoms with Gasteiger partial charge < -0.3 is 16.3 Å². The number of carbonyl (C=O) groups is 1. The van der Waals surface area contributed by atoms with E-state index >= 15 is 0 Å². The Hall–Kier alpha value is -2.05. The van der Waals surface area contributed by atoms with Crippen molar-refractivity contribution in [1.82, 2.24) is 15.1 Å². The Morgan fingerprint density at radius 2 is 2.44 bits per heavy atom. The Morgan fingerprint density at radius 1 is 1.72 bits per heavy atom. The van der Waals surface area contributed by atoms with Crippen LogP contribution in [0.4, 0.5) is 0 Å². The number of rotatable bonds is 6. The fourth-order valence-corrected chi connectivity index (χ4v) is 1.65. The molecule has 0 saturated heterocycles. The highest BCUT2D eigenvalue weighted by atomic mass is 16.4. The molecular formula is C11H19N5O2. The Labute approximate surface area is 106 Å². The van der Waals surface area contributed by atoms with Crippen LogP contribution < -0.4 is 11.1 Å². The molecule has 0 aliphatic rings. The van der Waals surface area contributed by atoms with Crippen LogP contribution in [0.1, 0.15) is 18.9 Å². The molecule has 18 heavy (non-hydrogen) atoms. The quantitative estimate of drug-likeness (QED) is 0.284. The van der Waals surface area contributed by atoms with Crippen molar-refractivity contribution in [2.75, 3.05) is 6.54 Å². The fourth-order valence-electron chi connectivity index (χ4n) is 1.65. The third kappa shape index (κ3) is 3.76. The lowest BCUT2D eigenvalue weighted by Gasteiger charge is -2.12. The molecule has 100 valence electrons. The number of aryl methyl sites for hydroxylation is 1. The molecule has 1 aromatic heterocycles. The molecule has 0 aliphatic heterocycles. The monoisotopic (exact) mass is 253 g/mol. The fraction of sp³-hybridized carbons (Fsp3) is 0.545. The second-order valence-electron chi connectivity index (χ2n) is 4.05. The standard InChI is InChI=1S/C11H19N5O2/c1-3-9(10(12)15-18)11(17)13-5-4-8-6-14-16(2)7-8/h6-7,9,18H,3-5H2,1-2H3,(H2,12,15)(H,13,17). The number of nitrogens with two attached hydrogens (primary N) is 1. The molecule has 0 aliphatic carbocycles. The maximum atomic E-state index is 11.8. The summed E-state index contributed by atoms with van der Waals surface area (Å²) in [6.07, 6.45) is 4.85. The summed E-state index contributed by atoms with van der Waals surface area (Å²) in [5.41, 5.74) is 6.49. The van der Waals surface area contributed by atoms with E-state index in [1.165, 1.54) is 0 Å². The van der Waals surface area contributed by atoms with Crippen LogP contribution in [0, 0.1) is 5.92 Å². The SMILES string of the molecule is CCC(C(=O)NCCc1cnn(C)c1)C(N)=NO. The molecule has 0 aromatic carbocycles. The molecule has 0 fully saturated rings. The molecule has 1 amide bonds. The Kier molecular flexibility index (Phi) is 5.16. The first-order valence-corrected chi connectivity index (χ1v) is 5.81. The van der Waals surface area contributed by atoms with Gasteiger partial charge in [-0.1, -0.05) is 12.1 Å². The third-order valence-electron chi connectivity index (χ3n) is 2.67. The van der Waals surface area contributed by atoms with Gasteiger partial charge in [0.15, 0.2) is 5.84 Å². The van der Waals surface area contributed by atoms with Gasteiger partial charge in [0.05, 0.1) is 12.1 Å². The van der Waals surface area contributed by atoms with Crippen LogP contribution in [0.5, 0.6) is 0 Å². The number of nitrogens with zero attached hydrogens (tertiary/aromatic N) is 3. The van der Waals surface area contributed by atoms with Gasteiger partial charge in [0.25, 0.3) is 0 Å². The van der Waals surface area contributed by atoms with Crippen molar-refractivity contribution >= 4 is 11.7 Å². The van der Waals surface area contributed by atoms with Gasteiger partial charge in [-0.25, -0.2) is 0 Å². The topological polar surface area (TPSA) is 106 Å². The summed E-state index contributed by atoms with van der Waals surface area (Å²) < 4.78 is 1.71. The second-order valence-corrected chi connectivity index (χ2v) is 4.05. The molecule has 1 rings (SSSR count). The molecule has 1 unspecified atom stereocenters. The lowest BCUT2D eigenvalue weighted by atomic mass is 10.0. The molecule has 7 heteroatoms. The highest BCUT2D eigenvalue weighted by Crippen LogP contribution is 2.03. The van der Waals surface area contributed by atoms with Crippen LogP contribution in [0.3, 0.4) is 0 Å². The Balaban J connectivity index is 2.40. The minimum Gasteiger partial charge on any atom is -0.409 e. The van der Waals surface area contributed by atoms with Gasteiger partial charge in [-0.2, -0.15) is 5.10 Å². The second kappa shape index (κ2) is 6.63. The predicted octanol–water partition coefficient (Wildman–Crippen LogP) is -0.149. The van der Waals surface area contributed by atoms with Crippen LogP contribution in [-0.4, -0.2) is 33.3 Å². The molecule has 7 nitrogen and oxygen atoms in total. The number of hydrogen-bond acceptors (Lipinski definition) is 4. The summed E-state index contributed by atoms with van der Waals surface area (Å²) in [6, 6.07) is 0. The Bertz CT molecular complexity index is 427. The van der Waals surface area contributed by atoms with E-state index < -0.39 is 5.92 Å². The van der Waals surface area contributed by atoms with E-state index in [0.29, 0.717) is 19.4 Å². The first-order valence-electron chi connectivity index (χ1n) is 5.81. The van der Waals surface area contributed by atoms with Gasteiger partial charge in [0, 0.05) is 19.8 Å². The Morgan fingerprint density at radius 3 is 2.94 bits per heavy atom. The van der Waals surface area contributed by atoms with Gasteiger partial charge >= 0.3 is 0 Å². The highest BCUT2D eigenvalue weighted by Gasteiger charge is 2.20. The predicted molar refractivity (Wildman–Crippen MR) is 67.1 cm³/mol. The van der Waals surface area contributed by atoms with Crippen LogP contribution in [-0.2, 0) is 18.3 Å². The van der Waals surface area contributed by atoms with Crippen LogP contribution >= 0.6 is 0 Å². The number of carbonyl (C=O) groups excluding carboxylic acids is 1. The zero-order valence-corrected chi connectivity index (χ0v) is 10.6. The summed E-state index contributed by atoms with van der Waals surface area (Å²) in [5, 5.41) is 18.2. The first-order chi connectivity index (χ1) is 8.58. The average Bonchev–Trinajstić information content (AvgIpc) is 2.75. The van der Waals surface area contributed by atoms with Crippen molar-refractivity contribution < 1.29 is 10.0 Å². The lowest BCUT2D eigenvalue weighted by molar-refractivity contribution is -0.123. The zero-order valence-electron chi connectivity index (χ0n) is 10.6. The van der Waals surface area contributed by atoms with E-state index in [1.54, 1.807) is 10.9 Å². The maximum absolute atomic E-state index is 11.8. The summed E-state index contributed by atoms with van der Waals surface area (Å²) >= 11 is 0. The molecular weight excluding hydrogens is 234 g/mol. The molecule has 0 spiro atoms. The summed E-state index contributed by atoms with van der Waals surface area (Å²) in [5.74, 6) is -0.864. The van der Waals surface area contributed by atoms with Crippen molar-refractivity contribution in [3.8, 4) is 0 Å². The first kappa shape index (κ1) is 14.0. The van der Waals surface area contributed by atoms with Crippen molar-refractivity contribution in [1.29, 1.82) is 0 Å². The van der Waals surface area contributed by atoms with Gasteiger partial charge in [0.2, 0.25) is 5.91 Å². The molecule has 0 saturated carbocycles. The zero-order chi connectivity index (χ0) is 13.5. The van der Waals surface area contributed by atoms with E-state index in [1.807, 2.05) is 20.2 Å². The van der Waals surface area contributed by atoms with Crippen LogP contribution in [0.2, 0.25) is 0 Å². The molecule has 0 radical (unpaired) electrons. The van der Waals surface area contributed by atoms with Gasteiger partial charge in [0.1, 0.15) is 0 Å². The summed E-state index contributed by atoms with van der Waals surface area (Å²) in [7, 11) is 1.84. The van der Waals surface area contributed by atoms with Crippen molar-refractivity contribution in [2.45, 2.75) is 19.8 Å². The van der Waals surface area contributed by atoms with E-state index in [0.717, 1.165) is 5.56 Å². The smallest absolute Gasteiger partial charge is 0.230 e. The normalized spacial score (nSPS) is 13.3. The summed E-state index contributed by atoms with van der Waals surface area (Å²) in [4.78, 5) is 11.8. The van der Waals surface area contributed by atoms with E-state index in [-0.39, 0.29) is 11.7 Å². The largest absolute Gasteiger partial charge is 0.409 e. The van der Waals surface area contributed by atoms with E-state index in [2.05, 4.69) is 15.6 Å². The van der Waals surface area contributed by atoms with Crippen LogP contribution in [0.25, 0.3) is 0 Å². The van der Waals surface area contributed by atoms with E-state index in [4.69, 9.17) is 10.9 Å². The minimum atomic E-state index is -0.580. The number of amidine groups is 1. The number of amides is 1. The number of aromatic nitrogens is 2.